The number of nitrogens with zero attached hydrogens (tertiary/aromatic N) is 1. The molecule has 5 heteroatoms. The van der Waals surface area contributed by atoms with Gasteiger partial charge in [0, 0.05) is 23.5 Å². The number of amides is 1. The number of anilines is 1. The number of rotatable bonds is 5. The fraction of sp³-hybridized carbons (Fsp3) is 0.294. The molecule has 2 aromatic rings. The standard InChI is InChI=1S/C17H18N2O3/c20-11-12-3-1-4-14(9-12)19-17(21)13-7-8-18-16(10-13)22-15-5-2-6-15/h1,3-4,7-10,15,20H,2,5-6,11H2,(H,19,21). The molecule has 1 saturated carbocycles. The number of carbonyl (C=O) groups is 1. The highest BCUT2D eigenvalue weighted by Gasteiger charge is 2.20. The first-order valence-electron chi connectivity index (χ1n) is 7.38. The van der Waals surface area contributed by atoms with Gasteiger partial charge in [-0.15, -0.1) is 0 Å². The molecule has 1 aliphatic rings. The molecule has 1 heterocycles. The summed E-state index contributed by atoms with van der Waals surface area (Å²) >= 11 is 0. The van der Waals surface area contributed by atoms with Crippen LogP contribution in [0.2, 0.25) is 0 Å². The van der Waals surface area contributed by atoms with Gasteiger partial charge in [0.1, 0.15) is 6.10 Å². The van der Waals surface area contributed by atoms with Crippen LogP contribution in [0.15, 0.2) is 42.6 Å². The van der Waals surface area contributed by atoms with Crippen molar-refractivity contribution in [3.63, 3.8) is 0 Å². The highest BCUT2D eigenvalue weighted by Crippen LogP contribution is 2.24. The van der Waals surface area contributed by atoms with Crippen LogP contribution < -0.4 is 10.1 Å². The first kappa shape index (κ1) is 14.5. The largest absolute Gasteiger partial charge is 0.474 e. The molecule has 22 heavy (non-hydrogen) atoms. The van der Waals surface area contributed by atoms with Gasteiger partial charge in [0.25, 0.3) is 5.91 Å². The molecular weight excluding hydrogens is 280 g/mol. The highest BCUT2D eigenvalue weighted by molar-refractivity contribution is 6.04. The van der Waals surface area contributed by atoms with E-state index in [1.165, 1.54) is 6.42 Å². The topological polar surface area (TPSA) is 71.5 Å². The molecular formula is C17H18N2O3. The summed E-state index contributed by atoms with van der Waals surface area (Å²) in [4.78, 5) is 16.4. The van der Waals surface area contributed by atoms with Crippen molar-refractivity contribution in [1.29, 1.82) is 0 Å². The van der Waals surface area contributed by atoms with Crippen LogP contribution >= 0.6 is 0 Å². The Labute approximate surface area is 129 Å². The van der Waals surface area contributed by atoms with Crippen molar-refractivity contribution >= 4 is 11.6 Å². The molecule has 1 fully saturated rings. The lowest BCUT2D eigenvalue weighted by atomic mass is 9.96. The number of ether oxygens (including phenoxy) is 1. The molecule has 1 amide bonds. The van der Waals surface area contributed by atoms with E-state index in [4.69, 9.17) is 9.84 Å². The maximum Gasteiger partial charge on any atom is 0.255 e. The lowest BCUT2D eigenvalue weighted by molar-refractivity contribution is 0.101. The average molecular weight is 298 g/mol. The lowest BCUT2D eigenvalue weighted by Crippen LogP contribution is -2.25. The van der Waals surface area contributed by atoms with Crippen molar-refractivity contribution in [2.24, 2.45) is 0 Å². The van der Waals surface area contributed by atoms with Crippen LogP contribution in [0, 0.1) is 0 Å². The highest BCUT2D eigenvalue weighted by atomic mass is 16.5. The summed E-state index contributed by atoms with van der Waals surface area (Å²) in [6.45, 7) is -0.0572. The number of hydrogen-bond acceptors (Lipinski definition) is 4. The summed E-state index contributed by atoms with van der Waals surface area (Å²) in [5.41, 5.74) is 1.90. The van der Waals surface area contributed by atoms with E-state index in [-0.39, 0.29) is 18.6 Å². The maximum absolute atomic E-state index is 12.3. The molecule has 0 atom stereocenters. The van der Waals surface area contributed by atoms with Gasteiger partial charge in [-0.1, -0.05) is 12.1 Å². The van der Waals surface area contributed by atoms with Gasteiger partial charge in [0.15, 0.2) is 0 Å². The Kier molecular flexibility index (Phi) is 4.34. The van der Waals surface area contributed by atoms with Crippen molar-refractivity contribution in [1.82, 2.24) is 4.98 Å². The average Bonchev–Trinajstić information content (AvgIpc) is 2.51. The second-order valence-corrected chi connectivity index (χ2v) is 5.37. The van der Waals surface area contributed by atoms with Crippen LogP contribution in [0.1, 0.15) is 35.2 Å². The SMILES string of the molecule is O=C(Nc1cccc(CO)c1)c1ccnc(OC2CCC2)c1. The van der Waals surface area contributed by atoms with Gasteiger partial charge in [-0.25, -0.2) is 4.98 Å². The maximum atomic E-state index is 12.3. The van der Waals surface area contributed by atoms with Gasteiger partial charge < -0.3 is 15.2 Å². The second kappa shape index (κ2) is 6.58. The third kappa shape index (κ3) is 3.43. The minimum Gasteiger partial charge on any atom is -0.474 e. The summed E-state index contributed by atoms with van der Waals surface area (Å²) in [7, 11) is 0. The van der Waals surface area contributed by atoms with Gasteiger partial charge in [0.2, 0.25) is 5.88 Å². The Morgan fingerprint density at radius 1 is 1.32 bits per heavy atom. The molecule has 1 aromatic heterocycles. The van der Waals surface area contributed by atoms with E-state index in [1.807, 2.05) is 0 Å². The molecule has 5 nitrogen and oxygen atoms in total. The zero-order valence-corrected chi connectivity index (χ0v) is 12.2. The minimum absolute atomic E-state index is 0.0572. The smallest absolute Gasteiger partial charge is 0.255 e. The third-order valence-electron chi connectivity index (χ3n) is 3.70. The zero-order valence-electron chi connectivity index (χ0n) is 12.2. The summed E-state index contributed by atoms with van der Waals surface area (Å²) in [6, 6.07) is 10.4. The minimum atomic E-state index is -0.226. The lowest BCUT2D eigenvalue weighted by Gasteiger charge is -2.25. The molecule has 0 radical (unpaired) electrons. The molecule has 0 saturated heterocycles. The van der Waals surface area contributed by atoms with Gasteiger partial charge in [0.05, 0.1) is 6.61 Å². The fourth-order valence-corrected chi connectivity index (χ4v) is 2.23. The Bertz CT molecular complexity index is 668. The molecule has 0 spiro atoms. The van der Waals surface area contributed by atoms with Crippen molar-refractivity contribution < 1.29 is 14.6 Å². The Morgan fingerprint density at radius 3 is 2.91 bits per heavy atom. The Hall–Kier alpha value is -2.40. The van der Waals surface area contributed by atoms with E-state index in [9.17, 15) is 4.79 Å². The number of benzene rings is 1. The van der Waals surface area contributed by atoms with Crippen LogP contribution in [-0.2, 0) is 6.61 Å². The number of aliphatic hydroxyl groups excluding tert-OH is 1. The van der Waals surface area contributed by atoms with Crippen LogP contribution in [0.5, 0.6) is 5.88 Å². The monoisotopic (exact) mass is 298 g/mol. The molecule has 1 aromatic carbocycles. The molecule has 2 N–H and O–H groups in total. The normalized spacial score (nSPS) is 14.2. The molecule has 114 valence electrons. The first-order valence-corrected chi connectivity index (χ1v) is 7.38. The van der Waals surface area contributed by atoms with Crippen LogP contribution in [0.25, 0.3) is 0 Å². The van der Waals surface area contributed by atoms with Gasteiger partial charge in [-0.2, -0.15) is 0 Å². The third-order valence-corrected chi connectivity index (χ3v) is 3.70. The Balaban J connectivity index is 1.69. The number of hydrogen-bond donors (Lipinski definition) is 2. The number of aromatic nitrogens is 1. The number of aliphatic hydroxyl groups is 1. The predicted molar refractivity (Wildman–Crippen MR) is 82.8 cm³/mol. The van der Waals surface area contributed by atoms with E-state index < -0.39 is 0 Å². The molecule has 0 aliphatic heterocycles. The quantitative estimate of drug-likeness (QED) is 0.890. The van der Waals surface area contributed by atoms with Crippen LogP contribution in [0.3, 0.4) is 0 Å². The van der Waals surface area contributed by atoms with Gasteiger partial charge in [-0.3, -0.25) is 4.79 Å². The van der Waals surface area contributed by atoms with E-state index >= 15 is 0 Å². The molecule has 3 rings (SSSR count). The summed E-state index contributed by atoms with van der Waals surface area (Å²) in [6.07, 6.45) is 5.09. The van der Waals surface area contributed by atoms with Crippen molar-refractivity contribution in [3.05, 3.63) is 53.7 Å². The molecule has 0 unspecified atom stereocenters. The summed E-state index contributed by atoms with van der Waals surface area (Å²) in [5.74, 6) is 0.261. The van der Waals surface area contributed by atoms with Crippen LogP contribution in [0.4, 0.5) is 5.69 Å². The van der Waals surface area contributed by atoms with Gasteiger partial charge >= 0.3 is 0 Å². The zero-order chi connectivity index (χ0) is 15.4. The second-order valence-electron chi connectivity index (χ2n) is 5.37. The number of carbonyl (C=O) groups excluding carboxylic acids is 1. The number of nitrogens with one attached hydrogen (secondary N) is 1. The van der Waals surface area contributed by atoms with E-state index in [0.717, 1.165) is 18.4 Å². The van der Waals surface area contributed by atoms with Crippen molar-refractivity contribution in [2.45, 2.75) is 32.0 Å². The van der Waals surface area contributed by atoms with E-state index in [2.05, 4.69) is 10.3 Å². The van der Waals surface area contributed by atoms with E-state index in [1.54, 1.807) is 42.6 Å². The van der Waals surface area contributed by atoms with Crippen LogP contribution in [-0.4, -0.2) is 22.1 Å². The van der Waals surface area contributed by atoms with Gasteiger partial charge in [-0.05, 0) is 43.0 Å². The predicted octanol–water partition coefficient (Wildman–Crippen LogP) is 2.76. The van der Waals surface area contributed by atoms with Crippen molar-refractivity contribution in [2.75, 3.05) is 5.32 Å². The molecule has 1 aliphatic carbocycles. The summed E-state index contributed by atoms with van der Waals surface area (Å²) < 4.78 is 5.70. The Morgan fingerprint density at radius 2 is 2.18 bits per heavy atom. The van der Waals surface area contributed by atoms with Crippen molar-refractivity contribution in [3.8, 4) is 5.88 Å². The molecule has 0 bridgehead atoms. The fourth-order valence-electron chi connectivity index (χ4n) is 2.23. The number of pyridine rings is 1. The van der Waals surface area contributed by atoms with E-state index in [0.29, 0.717) is 17.1 Å². The first-order chi connectivity index (χ1) is 10.7. The summed E-state index contributed by atoms with van der Waals surface area (Å²) in [5, 5.41) is 11.9.